The highest BCUT2D eigenvalue weighted by atomic mass is 16.2. The number of hydrogen-bond acceptors (Lipinski definition) is 4. The quantitative estimate of drug-likeness (QED) is 0.544. The highest BCUT2D eigenvalue weighted by Gasteiger charge is 2.51. The van der Waals surface area contributed by atoms with Gasteiger partial charge < -0.3 is 10.2 Å². The number of aryl methyl sites for hydroxylation is 2. The molecular weight excluding hydrogens is 460 g/mol. The van der Waals surface area contributed by atoms with E-state index >= 15 is 0 Å². The number of nitrogens with zero attached hydrogens (tertiary/aromatic N) is 3. The van der Waals surface area contributed by atoms with E-state index in [1.165, 1.54) is 11.1 Å². The van der Waals surface area contributed by atoms with E-state index in [4.69, 9.17) is 4.98 Å². The fourth-order valence-electron chi connectivity index (χ4n) is 6.44. The molecule has 6 rings (SSSR count). The Bertz CT molecular complexity index is 1390. The van der Waals surface area contributed by atoms with Crippen LogP contribution in [0.25, 0.3) is 0 Å². The average Bonchev–Trinajstić information content (AvgIpc) is 3.55. The lowest BCUT2D eigenvalue weighted by molar-refractivity contribution is -0.142. The van der Waals surface area contributed by atoms with E-state index in [9.17, 15) is 9.59 Å². The maximum atomic E-state index is 13.5. The number of hydrogen-bond donors (Lipinski definition) is 1. The summed E-state index contributed by atoms with van der Waals surface area (Å²) in [4.78, 5) is 37.8. The summed E-state index contributed by atoms with van der Waals surface area (Å²) >= 11 is 0. The average molecular weight is 495 g/mol. The van der Waals surface area contributed by atoms with Gasteiger partial charge in [0.2, 0.25) is 11.8 Å². The molecule has 0 radical (unpaired) electrons. The molecule has 1 N–H and O–H groups in total. The molecule has 0 saturated carbocycles. The van der Waals surface area contributed by atoms with Gasteiger partial charge in [0, 0.05) is 42.0 Å². The molecule has 0 fully saturated rings. The van der Waals surface area contributed by atoms with E-state index in [1.54, 1.807) is 6.20 Å². The number of amides is 2. The molecule has 6 nitrogen and oxygen atoms in total. The van der Waals surface area contributed by atoms with Crippen LogP contribution in [0.2, 0.25) is 0 Å². The van der Waals surface area contributed by atoms with Gasteiger partial charge in [0.25, 0.3) is 0 Å². The zero-order valence-corrected chi connectivity index (χ0v) is 21.9. The first-order valence-corrected chi connectivity index (χ1v) is 13.4. The number of fused-ring (bicyclic) bond motifs is 4. The Balaban J connectivity index is 1.18. The molecule has 1 aromatic carbocycles. The summed E-state index contributed by atoms with van der Waals surface area (Å²) in [6, 6.07) is 14.8. The van der Waals surface area contributed by atoms with Crippen molar-refractivity contribution in [3.8, 4) is 0 Å². The molecule has 3 heterocycles. The Morgan fingerprint density at radius 1 is 1.11 bits per heavy atom. The summed E-state index contributed by atoms with van der Waals surface area (Å²) in [6.07, 6.45) is 8.67. The Labute approximate surface area is 218 Å². The molecule has 6 heteroatoms. The largest absolute Gasteiger partial charge is 0.335 e. The number of benzene rings is 1. The zero-order valence-electron chi connectivity index (χ0n) is 21.9. The second kappa shape index (κ2) is 8.79. The molecule has 3 aliphatic rings. The van der Waals surface area contributed by atoms with Crippen LogP contribution in [0.15, 0.2) is 54.9 Å². The molecule has 37 heavy (non-hydrogen) atoms. The second-order valence-electron chi connectivity index (χ2n) is 11.8. The van der Waals surface area contributed by atoms with Crippen molar-refractivity contribution >= 4 is 17.6 Å². The smallest absolute Gasteiger partial charge is 0.237 e. The van der Waals surface area contributed by atoms with Crippen molar-refractivity contribution in [1.82, 2.24) is 14.9 Å². The SMILES string of the molecule is CC(C)(C)C(=O)N(CCCc1cnc2c(c1)C[C@@]1(C2)C(=O)Nc2ncccc21)[C@@H]1CCc2ccccc21. The van der Waals surface area contributed by atoms with Crippen LogP contribution < -0.4 is 5.32 Å². The Hall–Kier alpha value is -3.54. The standard InChI is InChI=1S/C31H34N4O2/c1-30(2,3)29(37)35(26-13-12-21-9-4-5-10-23(21)26)15-7-8-20-16-22-17-31(18-25(22)33-19-20)24-11-6-14-32-27(24)34-28(31)36/h4-6,9-11,14,16,19,26H,7-8,12-13,15,17-18H2,1-3H3,(H,32,34,36)/t26-,31+/m1/s1. The predicted octanol–water partition coefficient (Wildman–Crippen LogP) is 4.96. The number of rotatable bonds is 5. The molecule has 2 atom stereocenters. The van der Waals surface area contributed by atoms with Crippen molar-refractivity contribution in [1.29, 1.82) is 0 Å². The van der Waals surface area contributed by atoms with Gasteiger partial charge in [-0.1, -0.05) is 57.2 Å². The second-order valence-corrected chi connectivity index (χ2v) is 11.8. The number of anilines is 1. The lowest BCUT2D eigenvalue weighted by atomic mass is 9.80. The summed E-state index contributed by atoms with van der Waals surface area (Å²) in [7, 11) is 0. The fraction of sp³-hybridized carbons (Fsp3) is 0.419. The minimum atomic E-state index is -0.594. The molecule has 0 saturated heterocycles. The molecule has 190 valence electrons. The van der Waals surface area contributed by atoms with Crippen LogP contribution >= 0.6 is 0 Å². The molecular formula is C31H34N4O2. The van der Waals surface area contributed by atoms with Gasteiger partial charge in [0.1, 0.15) is 5.82 Å². The van der Waals surface area contributed by atoms with Crippen molar-refractivity contribution < 1.29 is 9.59 Å². The third-order valence-electron chi connectivity index (χ3n) is 8.31. The van der Waals surface area contributed by atoms with Gasteiger partial charge >= 0.3 is 0 Å². The summed E-state index contributed by atoms with van der Waals surface area (Å²) in [5.41, 5.74) is 5.94. The number of nitrogens with one attached hydrogen (secondary N) is 1. The molecule has 2 aromatic heterocycles. The number of carbonyl (C=O) groups excluding carboxylic acids is 2. The highest BCUT2D eigenvalue weighted by molar-refractivity contribution is 6.06. The minimum absolute atomic E-state index is 0.0222. The van der Waals surface area contributed by atoms with Gasteiger partial charge in [0.15, 0.2) is 0 Å². The van der Waals surface area contributed by atoms with Crippen molar-refractivity contribution in [3.63, 3.8) is 0 Å². The summed E-state index contributed by atoms with van der Waals surface area (Å²) < 4.78 is 0. The van der Waals surface area contributed by atoms with Crippen molar-refractivity contribution in [3.05, 3.63) is 88.4 Å². The van der Waals surface area contributed by atoms with Crippen molar-refractivity contribution in [2.45, 2.75) is 70.8 Å². The van der Waals surface area contributed by atoms with Gasteiger partial charge in [-0.05, 0) is 60.4 Å². The third kappa shape index (κ3) is 4.03. The first-order chi connectivity index (χ1) is 17.8. The maximum Gasteiger partial charge on any atom is 0.237 e. The maximum absolute atomic E-state index is 13.5. The molecule has 3 aromatic rings. The number of aromatic nitrogens is 2. The van der Waals surface area contributed by atoms with Gasteiger partial charge in [-0.25, -0.2) is 4.98 Å². The summed E-state index contributed by atoms with van der Waals surface area (Å²) in [5.74, 6) is 0.911. The van der Waals surface area contributed by atoms with Crippen LogP contribution in [0.1, 0.15) is 73.2 Å². The zero-order chi connectivity index (χ0) is 25.8. The molecule has 1 spiro atoms. The van der Waals surface area contributed by atoms with Gasteiger partial charge in [-0.2, -0.15) is 0 Å². The monoisotopic (exact) mass is 494 g/mol. The Morgan fingerprint density at radius 3 is 2.78 bits per heavy atom. The molecule has 0 bridgehead atoms. The number of pyridine rings is 2. The lowest BCUT2D eigenvalue weighted by Gasteiger charge is -2.35. The van der Waals surface area contributed by atoms with Crippen LogP contribution in [0.5, 0.6) is 0 Å². The topological polar surface area (TPSA) is 75.2 Å². The fourth-order valence-corrected chi connectivity index (χ4v) is 6.44. The van der Waals surface area contributed by atoms with E-state index < -0.39 is 10.8 Å². The van der Waals surface area contributed by atoms with Crippen LogP contribution in [0.3, 0.4) is 0 Å². The van der Waals surface area contributed by atoms with Crippen molar-refractivity contribution in [2.24, 2.45) is 5.41 Å². The van der Waals surface area contributed by atoms with Gasteiger partial charge in [-0.15, -0.1) is 0 Å². The summed E-state index contributed by atoms with van der Waals surface area (Å²) in [5, 5.41) is 2.97. The van der Waals surface area contributed by atoms with E-state index in [1.807, 2.05) is 39.1 Å². The van der Waals surface area contributed by atoms with E-state index in [-0.39, 0.29) is 17.9 Å². The van der Waals surface area contributed by atoms with Gasteiger partial charge in [0.05, 0.1) is 11.5 Å². The van der Waals surface area contributed by atoms with Crippen LogP contribution in [-0.4, -0.2) is 33.2 Å². The van der Waals surface area contributed by atoms with Crippen molar-refractivity contribution in [2.75, 3.05) is 11.9 Å². The normalized spacial score (nSPS) is 21.5. The molecule has 0 unspecified atom stereocenters. The predicted molar refractivity (Wildman–Crippen MR) is 143 cm³/mol. The third-order valence-corrected chi connectivity index (χ3v) is 8.31. The van der Waals surface area contributed by atoms with E-state index in [2.05, 4.69) is 45.5 Å². The van der Waals surface area contributed by atoms with E-state index in [0.717, 1.165) is 54.6 Å². The Kier molecular flexibility index (Phi) is 5.66. The molecule has 2 amide bonds. The first kappa shape index (κ1) is 23.8. The minimum Gasteiger partial charge on any atom is -0.335 e. The highest BCUT2D eigenvalue weighted by Crippen LogP contribution is 2.46. The molecule has 2 aliphatic carbocycles. The van der Waals surface area contributed by atoms with E-state index in [0.29, 0.717) is 18.7 Å². The lowest BCUT2D eigenvalue weighted by Crippen LogP contribution is -2.42. The number of carbonyl (C=O) groups is 2. The first-order valence-electron chi connectivity index (χ1n) is 13.4. The Morgan fingerprint density at radius 2 is 1.95 bits per heavy atom. The van der Waals surface area contributed by atoms with Crippen LogP contribution in [-0.2, 0) is 40.7 Å². The van der Waals surface area contributed by atoms with Crippen LogP contribution in [0, 0.1) is 5.41 Å². The molecule has 1 aliphatic heterocycles. The van der Waals surface area contributed by atoms with Crippen LogP contribution in [0.4, 0.5) is 5.82 Å². The van der Waals surface area contributed by atoms with Gasteiger partial charge in [-0.3, -0.25) is 14.6 Å². The summed E-state index contributed by atoms with van der Waals surface area (Å²) in [6.45, 7) is 6.75.